The predicted molar refractivity (Wildman–Crippen MR) is 95.8 cm³/mol. The lowest BCUT2D eigenvalue weighted by Gasteiger charge is -2.05. The molecule has 0 aliphatic heterocycles. The molecule has 2 N–H and O–H groups in total. The van der Waals surface area contributed by atoms with Gasteiger partial charge in [0.15, 0.2) is 0 Å². The fourth-order valence-electron chi connectivity index (χ4n) is 2.01. The molecule has 128 valence electrons. The summed E-state index contributed by atoms with van der Waals surface area (Å²) >= 11 is 7.60. The van der Waals surface area contributed by atoms with Gasteiger partial charge in [-0.3, -0.25) is 25.1 Å². The Bertz CT molecular complexity index is 750. The molecule has 2 amide bonds. The highest BCUT2D eigenvalue weighted by atomic mass is 35.5. The van der Waals surface area contributed by atoms with E-state index in [2.05, 4.69) is 29.8 Å². The number of aromatic nitrogens is 2. The minimum atomic E-state index is -0.452. The Balaban J connectivity index is 1.96. The Kier molecular flexibility index (Phi) is 6.16. The van der Waals surface area contributed by atoms with Crippen LogP contribution in [0.5, 0.6) is 0 Å². The summed E-state index contributed by atoms with van der Waals surface area (Å²) in [5, 5.41) is 6.65. The van der Waals surface area contributed by atoms with Crippen LogP contribution in [0.2, 0.25) is 5.15 Å². The van der Waals surface area contributed by atoms with E-state index in [4.69, 9.17) is 11.6 Å². The second-order valence-electron chi connectivity index (χ2n) is 5.62. The van der Waals surface area contributed by atoms with E-state index in [1.165, 1.54) is 17.4 Å². The van der Waals surface area contributed by atoms with E-state index in [1.807, 2.05) is 6.92 Å². The number of carbonyl (C=O) groups is 2. The number of halogens is 1. The molecule has 0 aliphatic carbocycles. The number of amides is 2. The third kappa shape index (κ3) is 4.69. The van der Waals surface area contributed by atoms with Gasteiger partial charge in [-0.05, 0) is 30.4 Å². The summed E-state index contributed by atoms with van der Waals surface area (Å²) in [6.07, 6.45) is 2.90. The number of aryl methyl sites for hydroxylation is 1. The fraction of sp³-hybridized carbons (Fsp3) is 0.312. The standard InChI is InChI=1S/C16H19ClN4O2S/c1-10(2)9-21-15(17)12(11(3)20-21)6-7-14(22)18-19-16(23)13-5-4-8-24-13/h4-8,10H,9H2,1-3H3,(H,18,22)(H,19,23)/b7-6+. The van der Waals surface area contributed by atoms with Crippen molar-refractivity contribution in [1.82, 2.24) is 20.6 Å². The maximum Gasteiger partial charge on any atom is 0.279 e. The maximum atomic E-state index is 11.8. The molecule has 0 atom stereocenters. The topological polar surface area (TPSA) is 76.0 Å². The Morgan fingerprint density at radius 3 is 2.79 bits per heavy atom. The van der Waals surface area contributed by atoms with Gasteiger partial charge in [-0.1, -0.05) is 31.5 Å². The van der Waals surface area contributed by atoms with Crippen molar-refractivity contribution in [3.8, 4) is 0 Å². The van der Waals surface area contributed by atoms with Crippen molar-refractivity contribution in [3.05, 3.63) is 44.9 Å². The van der Waals surface area contributed by atoms with Crippen molar-refractivity contribution < 1.29 is 9.59 Å². The number of hydrogen-bond acceptors (Lipinski definition) is 4. The van der Waals surface area contributed by atoms with Crippen molar-refractivity contribution in [3.63, 3.8) is 0 Å². The van der Waals surface area contributed by atoms with Crippen LogP contribution < -0.4 is 10.9 Å². The summed E-state index contributed by atoms with van der Waals surface area (Å²) in [7, 11) is 0. The second kappa shape index (κ2) is 8.12. The third-order valence-corrected chi connectivity index (χ3v) is 4.36. The van der Waals surface area contributed by atoms with Crippen LogP contribution in [0, 0.1) is 12.8 Å². The third-order valence-electron chi connectivity index (χ3n) is 3.09. The first-order chi connectivity index (χ1) is 11.4. The smallest absolute Gasteiger partial charge is 0.268 e. The normalized spacial score (nSPS) is 11.2. The molecule has 2 heterocycles. The van der Waals surface area contributed by atoms with Crippen molar-refractivity contribution in [2.75, 3.05) is 0 Å². The minimum Gasteiger partial charge on any atom is -0.268 e. The summed E-state index contributed by atoms with van der Waals surface area (Å²) in [6.45, 7) is 6.69. The van der Waals surface area contributed by atoms with Crippen molar-refractivity contribution in [2.45, 2.75) is 27.3 Å². The van der Waals surface area contributed by atoms with Gasteiger partial charge in [-0.25, -0.2) is 0 Å². The molecule has 0 spiro atoms. The van der Waals surface area contributed by atoms with Crippen LogP contribution in [0.4, 0.5) is 0 Å². The zero-order valence-corrected chi connectivity index (χ0v) is 15.2. The van der Waals surface area contributed by atoms with Gasteiger partial charge >= 0.3 is 0 Å². The first-order valence-corrected chi connectivity index (χ1v) is 8.69. The quantitative estimate of drug-likeness (QED) is 0.630. The highest BCUT2D eigenvalue weighted by molar-refractivity contribution is 7.12. The molecule has 0 saturated heterocycles. The number of thiophene rings is 1. The van der Waals surface area contributed by atoms with Crippen LogP contribution >= 0.6 is 22.9 Å². The number of hydrogen-bond donors (Lipinski definition) is 2. The summed E-state index contributed by atoms with van der Waals surface area (Å²) < 4.78 is 1.72. The maximum absolute atomic E-state index is 11.8. The van der Waals surface area contributed by atoms with E-state index >= 15 is 0 Å². The Morgan fingerprint density at radius 2 is 2.17 bits per heavy atom. The molecular weight excluding hydrogens is 348 g/mol. The Hall–Kier alpha value is -2.12. The molecular formula is C16H19ClN4O2S. The first kappa shape index (κ1) is 18.2. The van der Waals surface area contributed by atoms with Gasteiger partial charge in [0.2, 0.25) is 0 Å². The number of nitrogens with one attached hydrogen (secondary N) is 2. The summed E-state index contributed by atoms with van der Waals surface area (Å²) in [5.74, 6) is -0.396. The average molecular weight is 367 g/mol. The molecule has 0 aromatic carbocycles. The summed E-state index contributed by atoms with van der Waals surface area (Å²) in [4.78, 5) is 24.1. The monoisotopic (exact) mass is 366 g/mol. The summed E-state index contributed by atoms with van der Waals surface area (Å²) in [6, 6.07) is 3.44. The van der Waals surface area contributed by atoms with Crippen molar-refractivity contribution in [2.24, 2.45) is 5.92 Å². The molecule has 0 unspecified atom stereocenters. The van der Waals surface area contributed by atoms with Crippen LogP contribution in [0.1, 0.15) is 34.8 Å². The van der Waals surface area contributed by atoms with Crippen molar-refractivity contribution in [1.29, 1.82) is 0 Å². The zero-order valence-electron chi connectivity index (χ0n) is 13.7. The molecule has 2 aromatic heterocycles. The molecule has 2 aromatic rings. The molecule has 0 saturated carbocycles. The molecule has 24 heavy (non-hydrogen) atoms. The second-order valence-corrected chi connectivity index (χ2v) is 6.93. The number of hydrazine groups is 1. The van der Waals surface area contributed by atoms with Gasteiger partial charge in [-0.2, -0.15) is 5.10 Å². The lowest BCUT2D eigenvalue weighted by molar-refractivity contribution is -0.117. The highest BCUT2D eigenvalue weighted by Crippen LogP contribution is 2.22. The van der Waals surface area contributed by atoms with Crippen LogP contribution in [-0.2, 0) is 11.3 Å². The molecule has 0 fully saturated rings. The van der Waals surface area contributed by atoms with E-state index in [-0.39, 0.29) is 5.91 Å². The lowest BCUT2D eigenvalue weighted by Crippen LogP contribution is -2.40. The molecule has 2 rings (SSSR count). The van der Waals surface area contributed by atoms with Crippen molar-refractivity contribution >= 4 is 40.8 Å². The van der Waals surface area contributed by atoms with E-state index in [0.29, 0.717) is 28.1 Å². The van der Waals surface area contributed by atoms with Crippen LogP contribution in [0.25, 0.3) is 6.08 Å². The average Bonchev–Trinajstić information content (AvgIpc) is 3.13. The highest BCUT2D eigenvalue weighted by Gasteiger charge is 2.12. The molecule has 0 aliphatic rings. The van der Waals surface area contributed by atoms with E-state index < -0.39 is 5.91 Å². The Morgan fingerprint density at radius 1 is 1.42 bits per heavy atom. The largest absolute Gasteiger partial charge is 0.279 e. The van der Waals surface area contributed by atoms with Crippen LogP contribution in [0.15, 0.2) is 23.6 Å². The van der Waals surface area contributed by atoms with E-state index in [1.54, 1.807) is 28.3 Å². The number of rotatable bonds is 5. The van der Waals surface area contributed by atoms with Gasteiger partial charge in [-0.15, -0.1) is 11.3 Å². The van der Waals surface area contributed by atoms with Gasteiger partial charge < -0.3 is 0 Å². The fourth-order valence-corrected chi connectivity index (χ4v) is 2.94. The molecule has 8 heteroatoms. The van der Waals surface area contributed by atoms with Gasteiger partial charge in [0.1, 0.15) is 5.15 Å². The number of carbonyl (C=O) groups excluding carboxylic acids is 2. The lowest BCUT2D eigenvalue weighted by atomic mass is 10.2. The molecule has 0 bridgehead atoms. The van der Waals surface area contributed by atoms with Crippen LogP contribution in [-0.4, -0.2) is 21.6 Å². The zero-order chi connectivity index (χ0) is 17.7. The van der Waals surface area contributed by atoms with Gasteiger partial charge in [0.25, 0.3) is 11.8 Å². The molecule has 0 radical (unpaired) electrons. The summed E-state index contributed by atoms with van der Waals surface area (Å²) in [5.41, 5.74) is 6.11. The first-order valence-electron chi connectivity index (χ1n) is 7.43. The molecule has 6 nitrogen and oxygen atoms in total. The van der Waals surface area contributed by atoms with Gasteiger partial charge in [0.05, 0.1) is 10.6 Å². The van der Waals surface area contributed by atoms with Crippen LogP contribution in [0.3, 0.4) is 0 Å². The number of nitrogens with zero attached hydrogens (tertiary/aromatic N) is 2. The van der Waals surface area contributed by atoms with E-state index in [9.17, 15) is 9.59 Å². The predicted octanol–water partition coefficient (Wildman–Crippen LogP) is 3.04. The minimum absolute atomic E-state index is 0.356. The SMILES string of the molecule is Cc1nn(CC(C)C)c(Cl)c1/C=C/C(=O)NNC(=O)c1cccs1. The van der Waals surface area contributed by atoms with E-state index in [0.717, 1.165) is 5.69 Å². The van der Waals surface area contributed by atoms with Gasteiger partial charge in [0, 0.05) is 18.2 Å². The Labute approximate surface area is 149 Å².